The summed E-state index contributed by atoms with van der Waals surface area (Å²) in [5.41, 5.74) is -0.370. The van der Waals surface area contributed by atoms with Gasteiger partial charge in [0.1, 0.15) is 16.5 Å². The van der Waals surface area contributed by atoms with Crippen LogP contribution in [0, 0.1) is 11.6 Å². The zero-order chi connectivity index (χ0) is 13.2. The number of ether oxygens (including phenoxy) is 1. The molecule has 2 N–H and O–H groups in total. The molecule has 0 spiro atoms. The summed E-state index contributed by atoms with van der Waals surface area (Å²) < 4.78 is 54.1. The third-order valence-electron chi connectivity index (χ3n) is 2.08. The third-order valence-corrected chi connectivity index (χ3v) is 3.56. The van der Waals surface area contributed by atoms with Crippen molar-refractivity contribution >= 4 is 26.0 Å². The second kappa shape index (κ2) is 5.38. The average Bonchev–Trinajstić information content (AvgIpc) is 2.22. The van der Waals surface area contributed by atoms with Crippen LogP contribution in [0.25, 0.3) is 0 Å². The van der Waals surface area contributed by atoms with Crippen molar-refractivity contribution in [3.05, 3.63) is 27.7 Å². The summed E-state index contributed by atoms with van der Waals surface area (Å²) in [6.07, 6.45) is -0.0872. The van der Waals surface area contributed by atoms with E-state index in [4.69, 9.17) is 9.88 Å². The first-order valence-electron chi connectivity index (χ1n) is 4.47. The minimum atomic E-state index is -4.23. The SMILES string of the molecule is COCCc1c(F)c(Br)cc(S(N)(=O)=O)c1F. The van der Waals surface area contributed by atoms with Crippen LogP contribution in [0.1, 0.15) is 5.56 Å². The summed E-state index contributed by atoms with van der Waals surface area (Å²) in [7, 11) is -2.86. The molecule has 0 aromatic heterocycles. The second-order valence-electron chi connectivity index (χ2n) is 3.25. The number of sulfonamides is 1. The van der Waals surface area contributed by atoms with Gasteiger partial charge in [-0.2, -0.15) is 0 Å². The fraction of sp³-hybridized carbons (Fsp3) is 0.333. The standard InChI is InChI=1S/C9H10BrF2NO3S/c1-16-3-2-5-8(11)6(10)4-7(9(5)12)17(13,14)15/h4H,2-3H2,1H3,(H2,13,14,15). The van der Waals surface area contributed by atoms with Crippen molar-refractivity contribution in [1.29, 1.82) is 0 Å². The first kappa shape index (κ1) is 14.5. The van der Waals surface area contributed by atoms with Gasteiger partial charge in [-0.15, -0.1) is 0 Å². The number of hydrogen-bond donors (Lipinski definition) is 1. The highest BCUT2D eigenvalue weighted by atomic mass is 79.9. The molecule has 96 valence electrons. The summed E-state index contributed by atoms with van der Waals surface area (Å²) in [5, 5.41) is 4.83. The van der Waals surface area contributed by atoms with Crippen LogP contribution in [-0.2, 0) is 21.2 Å². The molecule has 0 aliphatic heterocycles. The largest absolute Gasteiger partial charge is 0.384 e. The van der Waals surface area contributed by atoms with Crippen LogP contribution in [0.5, 0.6) is 0 Å². The van der Waals surface area contributed by atoms with Gasteiger partial charge in [0, 0.05) is 19.1 Å². The Bertz CT molecular complexity index is 534. The first-order chi connectivity index (χ1) is 7.79. The maximum Gasteiger partial charge on any atom is 0.241 e. The summed E-state index contributed by atoms with van der Waals surface area (Å²) in [4.78, 5) is -0.739. The molecule has 4 nitrogen and oxygen atoms in total. The molecule has 0 saturated carbocycles. The van der Waals surface area contributed by atoms with Gasteiger partial charge < -0.3 is 4.74 Å². The van der Waals surface area contributed by atoms with E-state index in [2.05, 4.69) is 15.9 Å². The Labute approximate surface area is 106 Å². The van der Waals surface area contributed by atoms with Gasteiger partial charge in [-0.1, -0.05) is 0 Å². The highest BCUT2D eigenvalue weighted by Crippen LogP contribution is 2.27. The number of nitrogens with two attached hydrogens (primary N) is 1. The van der Waals surface area contributed by atoms with E-state index in [-0.39, 0.29) is 23.1 Å². The Kier molecular flexibility index (Phi) is 4.59. The summed E-state index contributed by atoms with van der Waals surface area (Å²) in [6, 6.07) is 0.802. The molecule has 1 aromatic carbocycles. The van der Waals surface area contributed by atoms with Crippen LogP contribution in [0.15, 0.2) is 15.4 Å². The fourth-order valence-electron chi connectivity index (χ4n) is 1.26. The highest BCUT2D eigenvalue weighted by molar-refractivity contribution is 9.10. The van der Waals surface area contributed by atoms with Crippen LogP contribution in [0.4, 0.5) is 8.78 Å². The lowest BCUT2D eigenvalue weighted by molar-refractivity contribution is 0.200. The van der Waals surface area contributed by atoms with Crippen molar-refractivity contribution in [1.82, 2.24) is 0 Å². The molecule has 17 heavy (non-hydrogen) atoms. The Morgan fingerprint density at radius 2 is 2.00 bits per heavy atom. The Hall–Kier alpha value is -0.570. The molecule has 0 unspecified atom stereocenters. The van der Waals surface area contributed by atoms with E-state index in [1.165, 1.54) is 7.11 Å². The monoisotopic (exact) mass is 329 g/mol. The van der Waals surface area contributed by atoms with Crippen LogP contribution < -0.4 is 5.14 Å². The number of benzene rings is 1. The van der Waals surface area contributed by atoms with Gasteiger partial charge in [0.2, 0.25) is 10.0 Å². The quantitative estimate of drug-likeness (QED) is 0.852. The van der Waals surface area contributed by atoms with E-state index in [1.54, 1.807) is 0 Å². The van der Waals surface area contributed by atoms with Crippen LogP contribution in [-0.4, -0.2) is 22.1 Å². The fourth-order valence-corrected chi connectivity index (χ4v) is 2.54. The van der Waals surface area contributed by atoms with Gasteiger partial charge in [-0.3, -0.25) is 0 Å². The Balaban J connectivity index is 3.43. The molecular formula is C9H10BrF2NO3S. The zero-order valence-electron chi connectivity index (χ0n) is 8.84. The van der Waals surface area contributed by atoms with Crippen LogP contribution in [0.2, 0.25) is 0 Å². The number of primary sulfonamides is 1. The van der Waals surface area contributed by atoms with Gasteiger partial charge in [-0.25, -0.2) is 22.3 Å². The lowest BCUT2D eigenvalue weighted by Crippen LogP contribution is -2.16. The van der Waals surface area contributed by atoms with Crippen molar-refractivity contribution in [2.45, 2.75) is 11.3 Å². The molecule has 0 radical (unpaired) electrons. The molecular weight excluding hydrogens is 320 g/mol. The Morgan fingerprint density at radius 1 is 1.41 bits per heavy atom. The van der Waals surface area contributed by atoms with E-state index >= 15 is 0 Å². The van der Waals surface area contributed by atoms with Gasteiger partial charge in [0.25, 0.3) is 0 Å². The molecule has 8 heteroatoms. The molecule has 1 rings (SSSR count). The lowest BCUT2D eigenvalue weighted by atomic mass is 10.1. The van der Waals surface area contributed by atoms with Gasteiger partial charge in [-0.05, 0) is 22.0 Å². The molecule has 0 fully saturated rings. The lowest BCUT2D eigenvalue weighted by Gasteiger charge is -2.09. The van der Waals surface area contributed by atoms with Crippen molar-refractivity contribution in [3.8, 4) is 0 Å². The molecule has 0 heterocycles. The minimum absolute atomic E-state index is 0.0638. The van der Waals surface area contributed by atoms with Crippen LogP contribution >= 0.6 is 15.9 Å². The van der Waals surface area contributed by atoms with Crippen molar-refractivity contribution in [3.63, 3.8) is 0 Å². The molecule has 0 aliphatic rings. The van der Waals surface area contributed by atoms with Crippen molar-refractivity contribution in [2.24, 2.45) is 5.14 Å². The Morgan fingerprint density at radius 3 is 2.47 bits per heavy atom. The van der Waals surface area contributed by atoms with E-state index in [1.807, 2.05) is 0 Å². The second-order valence-corrected chi connectivity index (χ2v) is 5.64. The van der Waals surface area contributed by atoms with Gasteiger partial charge >= 0.3 is 0 Å². The van der Waals surface area contributed by atoms with Crippen molar-refractivity contribution < 1.29 is 21.9 Å². The van der Waals surface area contributed by atoms with E-state index in [9.17, 15) is 17.2 Å². The van der Waals surface area contributed by atoms with Gasteiger partial charge in [0.15, 0.2) is 0 Å². The number of methoxy groups -OCH3 is 1. The normalized spacial score (nSPS) is 11.8. The predicted octanol–water partition coefficient (Wildman–Crippen LogP) is 1.56. The molecule has 1 aromatic rings. The van der Waals surface area contributed by atoms with E-state index in [0.717, 1.165) is 6.07 Å². The maximum absolute atomic E-state index is 13.8. The summed E-state index contributed by atoms with van der Waals surface area (Å²) >= 11 is 2.81. The van der Waals surface area contributed by atoms with Gasteiger partial charge in [0.05, 0.1) is 11.1 Å². The summed E-state index contributed by atoms with van der Waals surface area (Å²) in [6.45, 7) is 0.0638. The number of rotatable bonds is 4. The maximum atomic E-state index is 13.8. The molecule has 0 bridgehead atoms. The van der Waals surface area contributed by atoms with Crippen LogP contribution in [0.3, 0.4) is 0 Å². The van der Waals surface area contributed by atoms with Crippen molar-refractivity contribution in [2.75, 3.05) is 13.7 Å². The highest BCUT2D eigenvalue weighted by Gasteiger charge is 2.23. The number of halogens is 3. The molecule has 0 aliphatic carbocycles. The zero-order valence-corrected chi connectivity index (χ0v) is 11.2. The molecule has 0 saturated heterocycles. The smallest absolute Gasteiger partial charge is 0.241 e. The third kappa shape index (κ3) is 3.21. The molecule has 0 atom stereocenters. The first-order valence-corrected chi connectivity index (χ1v) is 6.81. The summed E-state index contributed by atoms with van der Waals surface area (Å²) in [5.74, 6) is -2.03. The number of hydrogen-bond acceptors (Lipinski definition) is 3. The predicted molar refractivity (Wildman–Crippen MR) is 61.0 cm³/mol. The minimum Gasteiger partial charge on any atom is -0.384 e. The molecule has 0 amide bonds. The average molecular weight is 330 g/mol. The van der Waals surface area contributed by atoms with E-state index < -0.39 is 26.6 Å². The topological polar surface area (TPSA) is 69.4 Å². The van der Waals surface area contributed by atoms with E-state index in [0.29, 0.717) is 0 Å².